The minimum Gasteiger partial charge on any atom is -0.504 e. The van der Waals surface area contributed by atoms with Crippen molar-refractivity contribution in [2.75, 3.05) is 12.9 Å². The van der Waals surface area contributed by atoms with Crippen molar-refractivity contribution in [3.05, 3.63) is 53.6 Å². The maximum atomic E-state index is 9.83. The minimum absolute atomic E-state index is 0.191. The van der Waals surface area contributed by atoms with Gasteiger partial charge in [-0.1, -0.05) is 24.3 Å². The molecule has 1 atom stereocenters. The summed E-state index contributed by atoms with van der Waals surface area (Å²) in [5.74, 6) is 1.84. The SMILES string of the molecule is COc1ccc(CN[C@H]2CCSc3ccccc32)cc1O. The quantitative estimate of drug-likeness (QED) is 0.903. The third-order valence-electron chi connectivity index (χ3n) is 3.75. The van der Waals surface area contributed by atoms with E-state index in [9.17, 15) is 5.11 Å². The van der Waals surface area contributed by atoms with Crippen LogP contribution in [0.5, 0.6) is 11.5 Å². The Balaban J connectivity index is 1.70. The predicted octanol–water partition coefficient (Wildman–Crippen LogP) is 3.73. The lowest BCUT2D eigenvalue weighted by Crippen LogP contribution is -2.24. The minimum atomic E-state index is 0.191. The van der Waals surface area contributed by atoms with Crippen molar-refractivity contribution < 1.29 is 9.84 Å². The first-order valence-electron chi connectivity index (χ1n) is 7.09. The van der Waals surface area contributed by atoms with E-state index in [0.29, 0.717) is 11.8 Å². The van der Waals surface area contributed by atoms with Gasteiger partial charge in [-0.25, -0.2) is 0 Å². The Labute approximate surface area is 129 Å². The standard InChI is InChI=1S/C17H19NO2S/c1-20-16-7-6-12(10-15(16)19)11-18-14-8-9-21-17-5-3-2-4-13(14)17/h2-7,10,14,18-19H,8-9,11H2,1H3/t14-/m0/s1. The largest absolute Gasteiger partial charge is 0.504 e. The molecule has 21 heavy (non-hydrogen) atoms. The highest BCUT2D eigenvalue weighted by Crippen LogP contribution is 2.36. The Kier molecular flexibility index (Phi) is 4.36. The third-order valence-corrected chi connectivity index (χ3v) is 4.88. The van der Waals surface area contributed by atoms with Crippen LogP contribution < -0.4 is 10.1 Å². The monoisotopic (exact) mass is 301 g/mol. The van der Waals surface area contributed by atoms with E-state index in [-0.39, 0.29) is 5.75 Å². The number of ether oxygens (including phenoxy) is 1. The molecule has 0 aromatic heterocycles. The van der Waals surface area contributed by atoms with Crippen LogP contribution in [0.15, 0.2) is 47.4 Å². The molecule has 1 heterocycles. The molecule has 3 nitrogen and oxygen atoms in total. The molecule has 4 heteroatoms. The molecular weight excluding hydrogens is 282 g/mol. The van der Waals surface area contributed by atoms with E-state index in [1.165, 1.54) is 10.5 Å². The molecule has 0 amide bonds. The average molecular weight is 301 g/mol. The van der Waals surface area contributed by atoms with Crippen LogP contribution in [-0.2, 0) is 6.54 Å². The second-order valence-corrected chi connectivity index (χ2v) is 6.25. The molecular formula is C17H19NO2S. The fourth-order valence-electron chi connectivity index (χ4n) is 2.64. The summed E-state index contributed by atoms with van der Waals surface area (Å²) in [5.41, 5.74) is 2.44. The summed E-state index contributed by atoms with van der Waals surface area (Å²) in [4.78, 5) is 1.37. The smallest absolute Gasteiger partial charge is 0.160 e. The van der Waals surface area contributed by atoms with Gasteiger partial charge in [0, 0.05) is 17.5 Å². The molecule has 0 aliphatic carbocycles. The first-order chi connectivity index (χ1) is 10.3. The van der Waals surface area contributed by atoms with Gasteiger partial charge in [-0.3, -0.25) is 0 Å². The second kappa shape index (κ2) is 6.41. The summed E-state index contributed by atoms with van der Waals surface area (Å²) in [5, 5.41) is 13.4. The van der Waals surface area contributed by atoms with E-state index in [4.69, 9.17) is 4.74 Å². The predicted molar refractivity (Wildman–Crippen MR) is 86.0 cm³/mol. The number of phenols is 1. The lowest BCUT2D eigenvalue weighted by Gasteiger charge is -2.26. The number of hydrogen-bond acceptors (Lipinski definition) is 4. The van der Waals surface area contributed by atoms with Crippen molar-refractivity contribution in [1.29, 1.82) is 0 Å². The summed E-state index contributed by atoms with van der Waals surface area (Å²) in [6.07, 6.45) is 1.13. The van der Waals surface area contributed by atoms with Gasteiger partial charge in [-0.15, -0.1) is 11.8 Å². The number of fused-ring (bicyclic) bond motifs is 1. The molecule has 3 rings (SSSR count). The van der Waals surface area contributed by atoms with Gasteiger partial charge >= 0.3 is 0 Å². The van der Waals surface area contributed by atoms with Crippen molar-refractivity contribution in [2.45, 2.75) is 23.9 Å². The number of rotatable bonds is 4. The normalized spacial score (nSPS) is 17.3. The van der Waals surface area contributed by atoms with Crippen LogP contribution in [0, 0.1) is 0 Å². The molecule has 0 unspecified atom stereocenters. The number of nitrogens with one attached hydrogen (secondary N) is 1. The van der Waals surface area contributed by atoms with E-state index in [1.54, 1.807) is 19.2 Å². The highest BCUT2D eigenvalue weighted by atomic mass is 32.2. The Morgan fingerprint density at radius 1 is 1.29 bits per heavy atom. The van der Waals surface area contributed by atoms with Crippen LogP contribution in [-0.4, -0.2) is 18.0 Å². The van der Waals surface area contributed by atoms with E-state index in [2.05, 4.69) is 29.6 Å². The van der Waals surface area contributed by atoms with Gasteiger partial charge in [0.25, 0.3) is 0 Å². The molecule has 1 aliphatic heterocycles. The van der Waals surface area contributed by atoms with E-state index in [0.717, 1.165) is 24.3 Å². The summed E-state index contributed by atoms with van der Waals surface area (Å²) < 4.78 is 5.07. The average Bonchev–Trinajstić information content (AvgIpc) is 2.53. The molecule has 1 aliphatic rings. The molecule has 0 saturated heterocycles. The molecule has 0 fully saturated rings. The second-order valence-electron chi connectivity index (χ2n) is 5.11. The van der Waals surface area contributed by atoms with Crippen molar-refractivity contribution >= 4 is 11.8 Å². The van der Waals surface area contributed by atoms with Gasteiger partial charge in [-0.2, -0.15) is 0 Å². The van der Waals surface area contributed by atoms with Gasteiger partial charge in [0.15, 0.2) is 11.5 Å². The van der Waals surface area contributed by atoms with Gasteiger partial charge < -0.3 is 15.2 Å². The summed E-state index contributed by atoms with van der Waals surface area (Å²) >= 11 is 1.92. The number of aromatic hydroxyl groups is 1. The molecule has 0 spiro atoms. The van der Waals surface area contributed by atoms with Crippen molar-refractivity contribution in [2.24, 2.45) is 0 Å². The first-order valence-corrected chi connectivity index (χ1v) is 8.07. The van der Waals surface area contributed by atoms with Gasteiger partial charge in [0.1, 0.15) is 0 Å². The Morgan fingerprint density at radius 3 is 2.95 bits per heavy atom. The highest BCUT2D eigenvalue weighted by molar-refractivity contribution is 7.99. The molecule has 2 aromatic rings. The molecule has 0 bridgehead atoms. The number of hydrogen-bond donors (Lipinski definition) is 2. The number of benzene rings is 2. The molecule has 0 saturated carbocycles. The Hall–Kier alpha value is -1.65. The Morgan fingerprint density at radius 2 is 2.14 bits per heavy atom. The van der Waals surface area contributed by atoms with Crippen molar-refractivity contribution in [3.8, 4) is 11.5 Å². The number of thioether (sulfide) groups is 1. The lowest BCUT2D eigenvalue weighted by atomic mass is 10.0. The summed E-state index contributed by atoms with van der Waals surface area (Å²) in [6, 6.07) is 14.5. The summed E-state index contributed by atoms with van der Waals surface area (Å²) in [7, 11) is 1.56. The number of methoxy groups -OCH3 is 1. The van der Waals surface area contributed by atoms with Gasteiger partial charge in [0.05, 0.1) is 7.11 Å². The fourth-order valence-corrected chi connectivity index (χ4v) is 3.77. The summed E-state index contributed by atoms with van der Waals surface area (Å²) in [6.45, 7) is 0.737. The zero-order valence-electron chi connectivity index (χ0n) is 12.0. The van der Waals surface area contributed by atoms with Crippen LogP contribution in [0.2, 0.25) is 0 Å². The van der Waals surface area contributed by atoms with Crippen LogP contribution in [0.25, 0.3) is 0 Å². The van der Waals surface area contributed by atoms with E-state index in [1.807, 2.05) is 17.8 Å². The maximum Gasteiger partial charge on any atom is 0.160 e. The zero-order chi connectivity index (χ0) is 14.7. The molecule has 2 N–H and O–H groups in total. The van der Waals surface area contributed by atoms with Crippen LogP contribution in [0.1, 0.15) is 23.6 Å². The Bertz CT molecular complexity index is 630. The highest BCUT2D eigenvalue weighted by Gasteiger charge is 2.19. The fraction of sp³-hybridized carbons (Fsp3) is 0.294. The maximum absolute atomic E-state index is 9.83. The van der Waals surface area contributed by atoms with E-state index >= 15 is 0 Å². The van der Waals surface area contributed by atoms with Gasteiger partial charge in [-0.05, 0) is 41.5 Å². The molecule has 2 aromatic carbocycles. The topological polar surface area (TPSA) is 41.5 Å². The van der Waals surface area contributed by atoms with Gasteiger partial charge in [0.2, 0.25) is 0 Å². The molecule has 0 radical (unpaired) electrons. The molecule has 110 valence electrons. The van der Waals surface area contributed by atoms with Crippen molar-refractivity contribution in [1.82, 2.24) is 5.32 Å². The number of phenolic OH excluding ortho intramolecular Hbond substituents is 1. The van der Waals surface area contributed by atoms with Crippen LogP contribution in [0.3, 0.4) is 0 Å². The third kappa shape index (κ3) is 3.17. The van der Waals surface area contributed by atoms with Crippen molar-refractivity contribution in [3.63, 3.8) is 0 Å². The van der Waals surface area contributed by atoms with Crippen LogP contribution in [0.4, 0.5) is 0 Å². The van der Waals surface area contributed by atoms with Crippen LogP contribution >= 0.6 is 11.8 Å². The van der Waals surface area contributed by atoms with E-state index < -0.39 is 0 Å². The lowest BCUT2D eigenvalue weighted by molar-refractivity contribution is 0.372. The first kappa shape index (κ1) is 14.3. The zero-order valence-corrected chi connectivity index (χ0v) is 12.8.